The fraction of sp³-hybridized carbons (Fsp3) is 0.273. The van der Waals surface area contributed by atoms with Crippen molar-refractivity contribution in [1.29, 1.82) is 0 Å². The van der Waals surface area contributed by atoms with Crippen LogP contribution in [0, 0.1) is 0 Å². The molecule has 0 bridgehead atoms. The topological polar surface area (TPSA) is 72.0 Å². The van der Waals surface area contributed by atoms with E-state index < -0.39 is 6.10 Å². The molecule has 1 aromatic carbocycles. The zero-order valence-corrected chi connectivity index (χ0v) is 8.30. The summed E-state index contributed by atoms with van der Waals surface area (Å²) in [5.41, 5.74) is 7.82. The Labute approximate surface area is 87.8 Å². The van der Waals surface area contributed by atoms with E-state index in [1.807, 2.05) is 24.3 Å². The van der Waals surface area contributed by atoms with Crippen molar-refractivity contribution in [2.75, 3.05) is 6.54 Å². The van der Waals surface area contributed by atoms with Gasteiger partial charge in [0, 0.05) is 19.2 Å². The average Bonchev–Trinajstić information content (AvgIpc) is 2.29. The summed E-state index contributed by atoms with van der Waals surface area (Å²) in [4.78, 5) is 8.64. The van der Waals surface area contributed by atoms with Crippen LogP contribution in [-0.4, -0.2) is 27.7 Å². The molecule has 0 aliphatic carbocycles. The second-order valence-electron chi connectivity index (χ2n) is 3.44. The van der Waals surface area contributed by atoms with Gasteiger partial charge in [0.25, 0.3) is 0 Å². The molecule has 1 unspecified atom stereocenters. The molecule has 4 nitrogen and oxygen atoms in total. The maximum atomic E-state index is 9.39. The fourth-order valence-electron chi connectivity index (χ4n) is 1.42. The third-order valence-corrected chi connectivity index (χ3v) is 2.22. The summed E-state index contributed by atoms with van der Waals surface area (Å²) < 4.78 is 0. The first kappa shape index (κ1) is 10.0. The summed E-state index contributed by atoms with van der Waals surface area (Å²) in [5, 5.41) is 9.39. The van der Waals surface area contributed by atoms with E-state index in [1.54, 1.807) is 6.20 Å². The summed E-state index contributed by atoms with van der Waals surface area (Å²) in [6.07, 6.45) is 1.59. The van der Waals surface area contributed by atoms with Gasteiger partial charge in [0.05, 0.1) is 22.8 Å². The molecule has 4 heteroatoms. The molecule has 1 heterocycles. The van der Waals surface area contributed by atoms with Crippen molar-refractivity contribution in [3.63, 3.8) is 0 Å². The number of nitrogens with two attached hydrogens (primary N) is 1. The van der Waals surface area contributed by atoms with E-state index in [4.69, 9.17) is 5.73 Å². The number of aliphatic hydroxyl groups excluding tert-OH is 1. The Morgan fingerprint density at radius 2 is 2.00 bits per heavy atom. The predicted octanol–water partition coefficient (Wildman–Crippen LogP) is 0.492. The molecule has 0 aliphatic rings. The summed E-state index contributed by atoms with van der Waals surface area (Å²) >= 11 is 0. The Morgan fingerprint density at radius 3 is 2.73 bits per heavy atom. The summed E-state index contributed by atoms with van der Waals surface area (Å²) in [6.45, 7) is 0.245. The number of aromatic nitrogens is 2. The Hall–Kier alpha value is -1.52. The average molecular weight is 203 g/mol. The minimum absolute atomic E-state index is 0.245. The van der Waals surface area contributed by atoms with Crippen molar-refractivity contribution in [1.82, 2.24) is 9.97 Å². The molecule has 3 N–H and O–H groups in total. The molecule has 0 saturated heterocycles. The van der Waals surface area contributed by atoms with Crippen LogP contribution in [0.5, 0.6) is 0 Å². The van der Waals surface area contributed by atoms with E-state index >= 15 is 0 Å². The van der Waals surface area contributed by atoms with E-state index in [2.05, 4.69) is 9.97 Å². The third kappa shape index (κ3) is 2.29. The lowest BCUT2D eigenvalue weighted by Gasteiger charge is -2.06. The molecule has 0 saturated carbocycles. The molecule has 1 atom stereocenters. The Morgan fingerprint density at radius 1 is 1.27 bits per heavy atom. The van der Waals surface area contributed by atoms with E-state index in [1.165, 1.54) is 0 Å². The molecule has 2 rings (SSSR count). The maximum absolute atomic E-state index is 9.39. The number of rotatable bonds is 3. The van der Waals surface area contributed by atoms with Crippen LogP contribution in [0.25, 0.3) is 11.0 Å². The van der Waals surface area contributed by atoms with Crippen LogP contribution in [0.2, 0.25) is 0 Å². The van der Waals surface area contributed by atoms with Gasteiger partial charge in [-0.2, -0.15) is 0 Å². The van der Waals surface area contributed by atoms with E-state index in [9.17, 15) is 5.11 Å². The molecule has 0 spiro atoms. The first-order chi connectivity index (χ1) is 7.29. The first-order valence-corrected chi connectivity index (χ1v) is 4.88. The molecule has 1 aromatic heterocycles. The minimum Gasteiger partial charge on any atom is -0.391 e. The monoisotopic (exact) mass is 203 g/mol. The van der Waals surface area contributed by atoms with Crippen LogP contribution in [0.15, 0.2) is 30.5 Å². The summed E-state index contributed by atoms with van der Waals surface area (Å²) in [5.74, 6) is 0. The molecule has 78 valence electrons. The largest absolute Gasteiger partial charge is 0.391 e. The number of para-hydroxylation sites is 2. The highest BCUT2D eigenvalue weighted by atomic mass is 16.3. The minimum atomic E-state index is -0.541. The number of nitrogens with zero attached hydrogens (tertiary/aromatic N) is 2. The lowest BCUT2D eigenvalue weighted by Crippen LogP contribution is -2.22. The highest BCUT2D eigenvalue weighted by Crippen LogP contribution is 2.09. The van der Waals surface area contributed by atoms with Crippen molar-refractivity contribution in [2.24, 2.45) is 5.73 Å². The highest BCUT2D eigenvalue weighted by Gasteiger charge is 2.05. The molecule has 0 amide bonds. The zero-order chi connectivity index (χ0) is 10.7. The lowest BCUT2D eigenvalue weighted by atomic mass is 10.2. The van der Waals surface area contributed by atoms with Crippen LogP contribution in [0.3, 0.4) is 0 Å². The van der Waals surface area contributed by atoms with E-state index in [0.29, 0.717) is 6.42 Å². The van der Waals surface area contributed by atoms with Crippen LogP contribution in [0.4, 0.5) is 0 Å². The standard InChI is InChI=1S/C11H13N3O/c12-6-9(15)5-8-7-13-10-3-1-2-4-11(10)14-8/h1-4,7,9,15H,5-6,12H2. The quantitative estimate of drug-likeness (QED) is 0.761. The van der Waals surface area contributed by atoms with Crippen molar-refractivity contribution >= 4 is 11.0 Å². The first-order valence-electron chi connectivity index (χ1n) is 4.88. The number of aliphatic hydroxyl groups is 1. The van der Waals surface area contributed by atoms with Crippen molar-refractivity contribution in [3.05, 3.63) is 36.2 Å². The van der Waals surface area contributed by atoms with Gasteiger partial charge in [0.15, 0.2) is 0 Å². The van der Waals surface area contributed by atoms with Gasteiger partial charge in [0.2, 0.25) is 0 Å². The number of hydrogen-bond acceptors (Lipinski definition) is 4. The molecular formula is C11H13N3O. The number of hydrogen-bond donors (Lipinski definition) is 2. The van der Waals surface area contributed by atoms with E-state index in [0.717, 1.165) is 16.7 Å². The van der Waals surface area contributed by atoms with Gasteiger partial charge in [-0.05, 0) is 12.1 Å². The molecule has 0 fully saturated rings. The van der Waals surface area contributed by atoms with Crippen molar-refractivity contribution in [2.45, 2.75) is 12.5 Å². The van der Waals surface area contributed by atoms with Gasteiger partial charge in [-0.15, -0.1) is 0 Å². The number of fused-ring (bicyclic) bond motifs is 1. The normalized spacial score (nSPS) is 12.9. The van der Waals surface area contributed by atoms with Gasteiger partial charge in [-0.25, -0.2) is 4.98 Å². The molecule has 0 aliphatic heterocycles. The van der Waals surface area contributed by atoms with Gasteiger partial charge in [-0.3, -0.25) is 4.98 Å². The van der Waals surface area contributed by atoms with E-state index in [-0.39, 0.29) is 6.54 Å². The zero-order valence-electron chi connectivity index (χ0n) is 8.30. The van der Waals surface area contributed by atoms with Gasteiger partial charge in [0.1, 0.15) is 0 Å². The lowest BCUT2D eigenvalue weighted by molar-refractivity contribution is 0.182. The second-order valence-corrected chi connectivity index (χ2v) is 3.44. The van der Waals surface area contributed by atoms with Gasteiger partial charge in [-0.1, -0.05) is 12.1 Å². The van der Waals surface area contributed by atoms with Crippen molar-refractivity contribution < 1.29 is 5.11 Å². The third-order valence-electron chi connectivity index (χ3n) is 2.22. The number of benzene rings is 1. The van der Waals surface area contributed by atoms with Gasteiger partial charge >= 0.3 is 0 Å². The van der Waals surface area contributed by atoms with Crippen LogP contribution in [0.1, 0.15) is 5.69 Å². The van der Waals surface area contributed by atoms with Crippen LogP contribution >= 0.6 is 0 Å². The SMILES string of the molecule is NCC(O)Cc1cnc2ccccc2n1. The van der Waals surface area contributed by atoms with Crippen LogP contribution < -0.4 is 5.73 Å². The smallest absolute Gasteiger partial charge is 0.0890 e. The predicted molar refractivity (Wildman–Crippen MR) is 58.3 cm³/mol. The second kappa shape index (κ2) is 4.33. The van der Waals surface area contributed by atoms with Crippen molar-refractivity contribution in [3.8, 4) is 0 Å². The highest BCUT2D eigenvalue weighted by molar-refractivity contribution is 5.73. The Kier molecular flexibility index (Phi) is 2.89. The summed E-state index contributed by atoms with van der Waals surface area (Å²) in [6, 6.07) is 7.65. The molecule has 15 heavy (non-hydrogen) atoms. The van der Waals surface area contributed by atoms with Crippen LogP contribution in [-0.2, 0) is 6.42 Å². The molecular weight excluding hydrogens is 190 g/mol. The molecule has 2 aromatic rings. The summed E-state index contributed by atoms with van der Waals surface area (Å²) in [7, 11) is 0. The van der Waals surface area contributed by atoms with Gasteiger partial charge < -0.3 is 10.8 Å². The fourth-order valence-corrected chi connectivity index (χ4v) is 1.42. The Balaban J connectivity index is 2.30. The maximum Gasteiger partial charge on any atom is 0.0890 e. The molecule has 0 radical (unpaired) electrons. The Bertz CT molecular complexity index is 458.